The molecule has 98 valence electrons. The third-order valence-electron chi connectivity index (χ3n) is 3.18. The normalized spacial score (nSPS) is 16.6. The summed E-state index contributed by atoms with van der Waals surface area (Å²) in [5.41, 5.74) is 1.04. The summed E-state index contributed by atoms with van der Waals surface area (Å²) in [7, 11) is 0. The summed E-state index contributed by atoms with van der Waals surface area (Å²) < 4.78 is 0. The van der Waals surface area contributed by atoms with E-state index < -0.39 is 5.97 Å². The first-order valence-corrected chi connectivity index (χ1v) is 7.66. The van der Waals surface area contributed by atoms with Gasteiger partial charge in [-0.3, -0.25) is 4.79 Å². The molecule has 0 aromatic heterocycles. The van der Waals surface area contributed by atoms with Gasteiger partial charge in [0.1, 0.15) is 0 Å². The molecule has 1 aromatic rings. The lowest BCUT2D eigenvalue weighted by Gasteiger charge is -2.12. The Hall–Kier alpha value is -0.380. The molecule has 0 radical (unpaired) electrons. The summed E-state index contributed by atoms with van der Waals surface area (Å²) in [6.07, 6.45) is 2.33. The fourth-order valence-corrected chi connectivity index (χ4v) is 3.76. The van der Waals surface area contributed by atoms with Crippen LogP contribution in [0.2, 0.25) is 10.0 Å². The van der Waals surface area contributed by atoms with Crippen LogP contribution in [0.4, 0.5) is 0 Å². The molecule has 0 bridgehead atoms. The molecular weight excluding hydrogens is 291 g/mol. The highest BCUT2D eigenvalue weighted by Gasteiger charge is 2.44. The maximum atomic E-state index is 10.7. The van der Waals surface area contributed by atoms with Gasteiger partial charge in [0.25, 0.3) is 0 Å². The van der Waals surface area contributed by atoms with Gasteiger partial charge in [0, 0.05) is 5.75 Å². The lowest BCUT2D eigenvalue weighted by molar-refractivity contribution is -0.138. The van der Waals surface area contributed by atoms with E-state index in [0.717, 1.165) is 29.9 Å². The Labute approximate surface area is 121 Å². The molecule has 1 saturated carbocycles. The van der Waals surface area contributed by atoms with Crippen LogP contribution in [-0.2, 0) is 10.5 Å². The zero-order chi connectivity index (χ0) is 13.2. The van der Waals surface area contributed by atoms with Gasteiger partial charge in [0.05, 0.1) is 16.5 Å². The Kier molecular flexibility index (Phi) is 4.46. The smallest absolute Gasteiger partial charge is 0.303 e. The molecule has 0 saturated heterocycles. The molecule has 0 amide bonds. The van der Waals surface area contributed by atoms with Gasteiger partial charge >= 0.3 is 5.97 Å². The number of hydrogen-bond acceptors (Lipinski definition) is 2. The van der Waals surface area contributed by atoms with Crippen LogP contribution in [0.5, 0.6) is 0 Å². The molecule has 1 aliphatic rings. The second kappa shape index (κ2) is 5.72. The van der Waals surface area contributed by atoms with Crippen molar-refractivity contribution in [2.75, 3.05) is 5.75 Å². The number of hydrogen-bond donors (Lipinski definition) is 1. The average molecular weight is 305 g/mol. The molecule has 0 unspecified atom stereocenters. The molecule has 1 N–H and O–H groups in total. The van der Waals surface area contributed by atoms with Crippen molar-refractivity contribution in [1.29, 1.82) is 0 Å². The number of carboxylic acids is 1. The maximum Gasteiger partial charge on any atom is 0.303 e. The Balaban J connectivity index is 1.86. The Morgan fingerprint density at radius 2 is 2.11 bits per heavy atom. The zero-order valence-corrected chi connectivity index (χ0v) is 12.1. The van der Waals surface area contributed by atoms with E-state index in [-0.39, 0.29) is 11.8 Å². The first-order valence-electron chi connectivity index (χ1n) is 5.75. The van der Waals surface area contributed by atoms with Crippen LogP contribution < -0.4 is 0 Å². The fraction of sp³-hybridized carbons (Fsp3) is 0.462. The van der Waals surface area contributed by atoms with Gasteiger partial charge in [-0.05, 0) is 35.6 Å². The van der Waals surface area contributed by atoms with E-state index in [1.54, 1.807) is 17.8 Å². The van der Waals surface area contributed by atoms with Crippen molar-refractivity contribution in [2.45, 2.75) is 25.0 Å². The quantitative estimate of drug-likeness (QED) is 0.842. The van der Waals surface area contributed by atoms with Crippen molar-refractivity contribution in [3.63, 3.8) is 0 Å². The van der Waals surface area contributed by atoms with E-state index in [2.05, 4.69) is 0 Å². The minimum atomic E-state index is -0.700. The minimum absolute atomic E-state index is 0.0293. The summed E-state index contributed by atoms with van der Waals surface area (Å²) in [4.78, 5) is 10.7. The highest BCUT2D eigenvalue weighted by Crippen LogP contribution is 2.51. The van der Waals surface area contributed by atoms with E-state index >= 15 is 0 Å². The van der Waals surface area contributed by atoms with Crippen LogP contribution in [0.25, 0.3) is 0 Å². The molecule has 0 heterocycles. The number of benzene rings is 1. The van der Waals surface area contributed by atoms with E-state index in [9.17, 15) is 4.79 Å². The maximum absolute atomic E-state index is 10.7. The van der Waals surface area contributed by atoms with E-state index in [1.807, 2.05) is 12.1 Å². The lowest BCUT2D eigenvalue weighted by Crippen LogP contribution is -2.11. The van der Waals surface area contributed by atoms with E-state index in [4.69, 9.17) is 28.3 Å². The number of carbonyl (C=O) groups is 1. The SMILES string of the molecule is O=C(O)CC1(CSCc2cccc(Cl)c2Cl)CC1. The average Bonchev–Trinajstić information content (AvgIpc) is 3.03. The van der Waals surface area contributed by atoms with Crippen molar-refractivity contribution in [2.24, 2.45) is 5.41 Å². The van der Waals surface area contributed by atoms with Crippen LogP contribution in [0.1, 0.15) is 24.8 Å². The predicted molar refractivity (Wildman–Crippen MR) is 76.5 cm³/mol. The van der Waals surface area contributed by atoms with Crippen LogP contribution >= 0.6 is 35.0 Å². The third-order valence-corrected chi connectivity index (χ3v) is 5.37. The van der Waals surface area contributed by atoms with Gasteiger partial charge in [0.15, 0.2) is 0 Å². The number of aliphatic carboxylic acids is 1. The Bertz CT molecular complexity index is 458. The lowest BCUT2D eigenvalue weighted by atomic mass is 10.1. The molecule has 0 aliphatic heterocycles. The Morgan fingerprint density at radius 3 is 2.72 bits per heavy atom. The number of halogens is 2. The van der Waals surface area contributed by atoms with Crippen molar-refractivity contribution in [3.05, 3.63) is 33.8 Å². The first kappa shape index (κ1) is 14.0. The van der Waals surface area contributed by atoms with Gasteiger partial charge in [0.2, 0.25) is 0 Å². The topological polar surface area (TPSA) is 37.3 Å². The van der Waals surface area contributed by atoms with Crippen LogP contribution in [0, 0.1) is 5.41 Å². The number of thioether (sulfide) groups is 1. The van der Waals surface area contributed by atoms with Gasteiger partial charge in [-0.15, -0.1) is 0 Å². The third kappa shape index (κ3) is 3.56. The van der Waals surface area contributed by atoms with Gasteiger partial charge < -0.3 is 5.11 Å². The monoisotopic (exact) mass is 304 g/mol. The van der Waals surface area contributed by atoms with Gasteiger partial charge in [-0.2, -0.15) is 11.8 Å². The van der Waals surface area contributed by atoms with Crippen LogP contribution in [-0.4, -0.2) is 16.8 Å². The highest BCUT2D eigenvalue weighted by atomic mass is 35.5. The zero-order valence-electron chi connectivity index (χ0n) is 9.79. The van der Waals surface area contributed by atoms with Crippen molar-refractivity contribution < 1.29 is 9.90 Å². The minimum Gasteiger partial charge on any atom is -0.481 e. The molecule has 2 rings (SSSR count). The largest absolute Gasteiger partial charge is 0.481 e. The molecule has 18 heavy (non-hydrogen) atoms. The first-order chi connectivity index (χ1) is 8.52. The highest BCUT2D eigenvalue weighted by molar-refractivity contribution is 7.98. The van der Waals surface area contributed by atoms with Crippen molar-refractivity contribution >= 4 is 40.9 Å². The van der Waals surface area contributed by atoms with Crippen molar-refractivity contribution in [3.8, 4) is 0 Å². The standard InChI is InChI=1S/C13H14Cl2O2S/c14-10-3-1-2-9(12(10)15)7-18-8-13(4-5-13)6-11(16)17/h1-3H,4-8H2,(H,16,17). The molecule has 1 fully saturated rings. The summed E-state index contributed by atoms with van der Waals surface area (Å²) in [5.74, 6) is 0.956. The molecular formula is C13H14Cl2O2S. The van der Waals surface area contributed by atoms with E-state index in [1.165, 1.54) is 0 Å². The summed E-state index contributed by atoms with van der Waals surface area (Å²) >= 11 is 13.8. The second-order valence-electron chi connectivity index (χ2n) is 4.78. The van der Waals surface area contributed by atoms with Crippen LogP contribution in [0.15, 0.2) is 18.2 Å². The number of carboxylic acid groups (broad SMARTS) is 1. The fourth-order valence-electron chi connectivity index (χ4n) is 1.91. The second-order valence-corrected chi connectivity index (χ2v) is 6.55. The van der Waals surface area contributed by atoms with E-state index in [0.29, 0.717) is 10.0 Å². The summed E-state index contributed by atoms with van der Waals surface area (Å²) in [5, 5.41) is 10.0. The molecule has 0 spiro atoms. The van der Waals surface area contributed by atoms with Crippen molar-refractivity contribution in [1.82, 2.24) is 0 Å². The van der Waals surface area contributed by atoms with Crippen LogP contribution in [0.3, 0.4) is 0 Å². The van der Waals surface area contributed by atoms with Gasteiger partial charge in [-0.1, -0.05) is 35.3 Å². The summed E-state index contributed by atoms with van der Waals surface area (Å²) in [6.45, 7) is 0. The molecule has 2 nitrogen and oxygen atoms in total. The van der Waals surface area contributed by atoms with Gasteiger partial charge in [-0.25, -0.2) is 0 Å². The predicted octanol–water partition coefficient (Wildman–Crippen LogP) is 4.48. The number of rotatable bonds is 6. The Morgan fingerprint density at radius 1 is 1.39 bits per heavy atom. The molecule has 1 aromatic carbocycles. The molecule has 5 heteroatoms. The molecule has 0 atom stereocenters. The summed E-state index contributed by atoms with van der Waals surface area (Å²) in [6, 6.07) is 5.61. The molecule has 1 aliphatic carbocycles.